The van der Waals surface area contributed by atoms with E-state index in [2.05, 4.69) is 15.0 Å². The van der Waals surface area contributed by atoms with Gasteiger partial charge in [-0.25, -0.2) is 4.98 Å². The highest BCUT2D eigenvalue weighted by molar-refractivity contribution is 5.92. The molecule has 2 unspecified atom stereocenters. The molecule has 2 fully saturated rings. The van der Waals surface area contributed by atoms with Gasteiger partial charge in [0.1, 0.15) is 5.69 Å². The molecule has 2 atom stereocenters. The second kappa shape index (κ2) is 6.51. The van der Waals surface area contributed by atoms with Crippen molar-refractivity contribution < 1.29 is 9.18 Å². The number of hydrogen-bond donors (Lipinski definition) is 1. The molecular formula is C18H20FN5O2. The molecule has 26 heavy (non-hydrogen) atoms. The molecule has 4 rings (SSSR count). The SMILES string of the molecule is CCc1nc(N2CC3CN(C(=O)c4ccccn4)CC3C2)[nH]c(=O)c1F. The number of rotatable bonds is 3. The van der Waals surface area contributed by atoms with Crippen LogP contribution in [0.2, 0.25) is 0 Å². The smallest absolute Gasteiger partial charge is 0.288 e. The first kappa shape index (κ1) is 16.7. The highest BCUT2D eigenvalue weighted by Gasteiger charge is 2.42. The van der Waals surface area contributed by atoms with Gasteiger partial charge in [-0.1, -0.05) is 13.0 Å². The Balaban J connectivity index is 1.46. The van der Waals surface area contributed by atoms with Gasteiger partial charge in [0.2, 0.25) is 11.8 Å². The van der Waals surface area contributed by atoms with Gasteiger partial charge in [-0.2, -0.15) is 4.39 Å². The summed E-state index contributed by atoms with van der Waals surface area (Å²) in [5.41, 5.74) is -0.0786. The first-order valence-electron chi connectivity index (χ1n) is 8.80. The lowest BCUT2D eigenvalue weighted by molar-refractivity contribution is 0.0776. The fourth-order valence-electron chi connectivity index (χ4n) is 3.86. The van der Waals surface area contributed by atoms with Crippen LogP contribution in [0.25, 0.3) is 0 Å². The number of likely N-dealkylation sites (tertiary alicyclic amines) is 1. The zero-order valence-electron chi connectivity index (χ0n) is 14.5. The average Bonchev–Trinajstić information content (AvgIpc) is 3.23. The summed E-state index contributed by atoms with van der Waals surface area (Å²) >= 11 is 0. The van der Waals surface area contributed by atoms with E-state index >= 15 is 0 Å². The average molecular weight is 357 g/mol. The lowest BCUT2D eigenvalue weighted by Gasteiger charge is -2.22. The first-order chi connectivity index (χ1) is 12.6. The molecule has 0 aromatic carbocycles. The van der Waals surface area contributed by atoms with Crippen molar-refractivity contribution in [1.82, 2.24) is 19.9 Å². The normalized spacial score (nSPS) is 21.9. The molecule has 0 bridgehead atoms. The van der Waals surface area contributed by atoms with E-state index in [1.165, 1.54) is 0 Å². The van der Waals surface area contributed by atoms with Crippen LogP contribution in [0.5, 0.6) is 0 Å². The molecule has 136 valence electrons. The Hall–Kier alpha value is -2.77. The predicted molar refractivity (Wildman–Crippen MR) is 93.5 cm³/mol. The number of hydrogen-bond acceptors (Lipinski definition) is 5. The van der Waals surface area contributed by atoms with E-state index in [4.69, 9.17) is 0 Å². The van der Waals surface area contributed by atoms with Crippen molar-refractivity contribution in [2.45, 2.75) is 13.3 Å². The number of nitrogens with one attached hydrogen (secondary N) is 1. The van der Waals surface area contributed by atoms with Gasteiger partial charge in [-0.3, -0.25) is 19.6 Å². The van der Waals surface area contributed by atoms with Crippen LogP contribution in [-0.2, 0) is 6.42 Å². The van der Waals surface area contributed by atoms with Crippen LogP contribution in [0, 0.1) is 17.7 Å². The van der Waals surface area contributed by atoms with Gasteiger partial charge in [0.05, 0.1) is 5.69 Å². The lowest BCUT2D eigenvalue weighted by Crippen LogP contribution is -2.35. The molecule has 8 heteroatoms. The number of anilines is 1. The third kappa shape index (κ3) is 2.85. The van der Waals surface area contributed by atoms with E-state index < -0.39 is 11.4 Å². The Labute approximate surface area is 149 Å². The van der Waals surface area contributed by atoms with E-state index in [9.17, 15) is 14.0 Å². The molecular weight excluding hydrogens is 337 g/mol. The van der Waals surface area contributed by atoms with Crippen molar-refractivity contribution in [2.24, 2.45) is 11.8 Å². The zero-order chi connectivity index (χ0) is 18.3. The summed E-state index contributed by atoms with van der Waals surface area (Å²) in [4.78, 5) is 39.1. The Morgan fingerprint density at radius 1 is 1.27 bits per heavy atom. The minimum Gasteiger partial charge on any atom is -0.342 e. The fourth-order valence-corrected chi connectivity index (χ4v) is 3.86. The number of amides is 1. The summed E-state index contributed by atoms with van der Waals surface area (Å²) in [7, 11) is 0. The number of halogens is 1. The van der Waals surface area contributed by atoms with Crippen LogP contribution in [0.1, 0.15) is 23.1 Å². The number of carbonyl (C=O) groups is 1. The molecule has 2 saturated heterocycles. The Morgan fingerprint density at radius 3 is 2.62 bits per heavy atom. The quantitative estimate of drug-likeness (QED) is 0.889. The molecule has 7 nitrogen and oxygen atoms in total. The zero-order valence-corrected chi connectivity index (χ0v) is 14.5. The topological polar surface area (TPSA) is 82.2 Å². The van der Waals surface area contributed by atoms with Gasteiger partial charge in [-0.05, 0) is 18.6 Å². The Kier molecular flexibility index (Phi) is 4.18. The molecule has 2 aliphatic rings. The van der Waals surface area contributed by atoms with Crippen LogP contribution in [-0.4, -0.2) is 51.9 Å². The number of H-pyrrole nitrogens is 1. The predicted octanol–water partition coefficient (Wildman–Crippen LogP) is 1.07. The van der Waals surface area contributed by atoms with Gasteiger partial charge < -0.3 is 9.80 Å². The van der Waals surface area contributed by atoms with E-state index in [1.54, 1.807) is 31.3 Å². The van der Waals surface area contributed by atoms with Crippen LogP contribution in [0.3, 0.4) is 0 Å². The summed E-state index contributed by atoms with van der Waals surface area (Å²) in [5.74, 6) is 0.187. The van der Waals surface area contributed by atoms with Crippen LogP contribution >= 0.6 is 0 Å². The largest absolute Gasteiger partial charge is 0.342 e. The van der Waals surface area contributed by atoms with Crippen molar-refractivity contribution in [2.75, 3.05) is 31.1 Å². The molecule has 0 saturated carbocycles. The van der Waals surface area contributed by atoms with Crippen LogP contribution in [0.15, 0.2) is 29.2 Å². The number of nitrogens with zero attached hydrogens (tertiary/aromatic N) is 4. The number of aryl methyl sites for hydroxylation is 1. The van der Waals surface area contributed by atoms with Crippen molar-refractivity contribution in [3.63, 3.8) is 0 Å². The maximum absolute atomic E-state index is 13.7. The van der Waals surface area contributed by atoms with Gasteiger partial charge >= 0.3 is 0 Å². The molecule has 2 aromatic rings. The fraction of sp³-hybridized carbons (Fsp3) is 0.444. The molecule has 1 amide bonds. The van der Waals surface area contributed by atoms with Gasteiger partial charge in [0, 0.05) is 44.2 Å². The minimum absolute atomic E-state index is 0.0480. The van der Waals surface area contributed by atoms with Gasteiger partial charge in [0.15, 0.2) is 0 Å². The number of fused-ring (bicyclic) bond motifs is 1. The van der Waals surface area contributed by atoms with Crippen LogP contribution in [0.4, 0.5) is 10.3 Å². The second-order valence-electron chi connectivity index (χ2n) is 6.85. The van der Waals surface area contributed by atoms with E-state index in [0.717, 1.165) is 0 Å². The van der Waals surface area contributed by atoms with Crippen molar-refractivity contribution in [1.29, 1.82) is 0 Å². The van der Waals surface area contributed by atoms with E-state index in [1.807, 2.05) is 9.80 Å². The summed E-state index contributed by atoms with van der Waals surface area (Å²) in [6.07, 6.45) is 1.99. The second-order valence-corrected chi connectivity index (χ2v) is 6.85. The standard InChI is InChI=1S/C18H20FN5O2/c1-2-13-15(19)16(25)22-18(21-13)24-9-11-7-23(8-12(11)10-24)17(26)14-5-3-4-6-20-14/h3-6,11-12H,2,7-10H2,1H3,(H,21,22,25). The molecule has 2 aromatic heterocycles. The summed E-state index contributed by atoms with van der Waals surface area (Å²) < 4.78 is 13.7. The van der Waals surface area contributed by atoms with Crippen molar-refractivity contribution in [3.05, 3.63) is 52.0 Å². The third-order valence-electron chi connectivity index (χ3n) is 5.21. The summed E-state index contributed by atoms with van der Waals surface area (Å²) in [6, 6.07) is 5.32. The Bertz CT molecular complexity index is 871. The third-order valence-corrected chi connectivity index (χ3v) is 5.21. The molecule has 0 spiro atoms. The summed E-state index contributed by atoms with van der Waals surface area (Å²) in [6.45, 7) is 4.46. The highest BCUT2D eigenvalue weighted by Crippen LogP contribution is 2.33. The molecule has 4 heterocycles. The van der Waals surface area contributed by atoms with E-state index in [0.29, 0.717) is 56.1 Å². The number of aromatic amines is 1. The minimum atomic E-state index is -0.803. The van der Waals surface area contributed by atoms with Crippen molar-refractivity contribution >= 4 is 11.9 Å². The number of carbonyl (C=O) groups excluding carboxylic acids is 1. The van der Waals surface area contributed by atoms with Gasteiger partial charge in [-0.15, -0.1) is 0 Å². The molecule has 0 radical (unpaired) electrons. The summed E-state index contributed by atoms with van der Waals surface area (Å²) in [5, 5.41) is 0. The highest BCUT2D eigenvalue weighted by atomic mass is 19.1. The number of aromatic nitrogens is 3. The maximum atomic E-state index is 13.7. The van der Waals surface area contributed by atoms with Gasteiger partial charge in [0.25, 0.3) is 11.5 Å². The van der Waals surface area contributed by atoms with Crippen molar-refractivity contribution in [3.8, 4) is 0 Å². The van der Waals surface area contributed by atoms with Crippen LogP contribution < -0.4 is 10.5 Å². The molecule has 2 aliphatic heterocycles. The number of pyridine rings is 1. The lowest BCUT2D eigenvalue weighted by atomic mass is 10.0. The monoisotopic (exact) mass is 357 g/mol. The first-order valence-corrected chi connectivity index (χ1v) is 8.80. The maximum Gasteiger partial charge on any atom is 0.288 e. The molecule has 0 aliphatic carbocycles. The van der Waals surface area contributed by atoms with E-state index in [-0.39, 0.29) is 11.6 Å². The Morgan fingerprint density at radius 2 is 2.00 bits per heavy atom. The molecule has 1 N–H and O–H groups in total.